The van der Waals surface area contributed by atoms with E-state index in [2.05, 4.69) is 11.3 Å². The second-order valence-electron chi connectivity index (χ2n) is 4.10. The van der Waals surface area contributed by atoms with Crippen LogP contribution in [0.5, 0.6) is 0 Å². The van der Waals surface area contributed by atoms with Gasteiger partial charge >= 0.3 is 0 Å². The highest BCUT2D eigenvalue weighted by Crippen LogP contribution is 2.35. The fourth-order valence-electron chi connectivity index (χ4n) is 1.82. The van der Waals surface area contributed by atoms with Gasteiger partial charge in [0.15, 0.2) is 15.7 Å². The molecule has 1 aromatic rings. The molecule has 0 saturated carbocycles. The lowest BCUT2D eigenvalue weighted by Gasteiger charge is -2.21. The predicted octanol–water partition coefficient (Wildman–Crippen LogP) is 2.15. The molecule has 0 aliphatic heterocycles. The van der Waals surface area contributed by atoms with E-state index in [9.17, 15) is 8.42 Å². The van der Waals surface area contributed by atoms with Crippen LogP contribution in [0.25, 0.3) is 0 Å². The molecule has 7 heteroatoms. The van der Waals surface area contributed by atoms with Crippen molar-refractivity contribution in [1.82, 2.24) is 4.37 Å². The summed E-state index contributed by atoms with van der Waals surface area (Å²) in [7, 11) is -3.32. The van der Waals surface area contributed by atoms with Gasteiger partial charge in [0.05, 0.1) is 5.75 Å². The minimum absolute atomic E-state index is 0.117. The van der Waals surface area contributed by atoms with Crippen molar-refractivity contribution in [2.45, 2.75) is 38.5 Å². The summed E-state index contributed by atoms with van der Waals surface area (Å²) in [6.45, 7) is 7.47. The number of nitrogens with zero attached hydrogens (tertiary/aromatic N) is 2. The third-order valence-electron chi connectivity index (χ3n) is 2.60. The molecule has 0 saturated heterocycles. The Hall–Kier alpha value is -0.820. The van der Waals surface area contributed by atoms with Crippen LogP contribution in [0.15, 0.2) is 4.90 Å². The third kappa shape index (κ3) is 3.14. The van der Waals surface area contributed by atoms with Crippen molar-refractivity contribution in [3.05, 3.63) is 0 Å². The molecule has 5 nitrogen and oxygen atoms in total. The Bertz CT molecular complexity index is 482. The van der Waals surface area contributed by atoms with Gasteiger partial charge < -0.3 is 10.6 Å². The average Bonchev–Trinajstić information content (AvgIpc) is 2.68. The molecule has 104 valence electrons. The summed E-state index contributed by atoms with van der Waals surface area (Å²) in [6, 6.07) is 0. The molecule has 1 rings (SSSR count). The molecule has 0 spiro atoms. The summed E-state index contributed by atoms with van der Waals surface area (Å²) in [6.07, 6.45) is 1.54. The van der Waals surface area contributed by atoms with Crippen LogP contribution in [0.1, 0.15) is 33.6 Å². The van der Waals surface area contributed by atoms with Crippen LogP contribution in [0.4, 0.5) is 10.8 Å². The smallest absolute Gasteiger partial charge is 0.185 e. The van der Waals surface area contributed by atoms with E-state index in [1.54, 1.807) is 0 Å². The number of hydrogen-bond acceptors (Lipinski definition) is 6. The Labute approximate surface area is 113 Å². The van der Waals surface area contributed by atoms with E-state index in [1.165, 1.54) is 11.5 Å². The van der Waals surface area contributed by atoms with Crippen LogP contribution >= 0.6 is 11.5 Å². The van der Waals surface area contributed by atoms with E-state index >= 15 is 0 Å². The Morgan fingerprint density at radius 1 is 1.28 bits per heavy atom. The van der Waals surface area contributed by atoms with Crippen molar-refractivity contribution in [3.8, 4) is 0 Å². The molecule has 0 radical (unpaired) electrons. The lowest BCUT2D eigenvalue weighted by Crippen LogP contribution is -2.24. The minimum atomic E-state index is -3.32. The summed E-state index contributed by atoms with van der Waals surface area (Å²) >= 11 is 1.17. The van der Waals surface area contributed by atoms with E-state index in [0.29, 0.717) is 11.4 Å². The lowest BCUT2D eigenvalue weighted by atomic mass is 10.4. The van der Waals surface area contributed by atoms with Crippen molar-refractivity contribution in [2.24, 2.45) is 0 Å². The number of rotatable bonds is 7. The zero-order chi connectivity index (χ0) is 13.8. The average molecular weight is 291 g/mol. The molecular formula is C11H21N3O2S2. The first-order chi connectivity index (χ1) is 8.47. The van der Waals surface area contributed by atoms with Gasteiger partial charge in [0.1, 0.15) is 9.90 Å². The molecule has 0 unspecified atom stereocenters. The van der Waals surface area contributed by atoms with Crippen LogP contribution in [0.3, 0.4) is 0 Å². The molecule has 1 aromatic heterocycles. The fraction of sp³-hybridized carbons (Fsp3) is 0.727. The van der Waals surface area contributed by atoms with E-state index in [0.717, 1.165) is 19.5 Å². The zero-order valence-corrected chi connectivity index (χ0v) is 12.8. The maximum absolute atomic E-state index is 12.2. The van der Waals surface area contributed by atoms with E-state index in [4.69, 9.17) is 5.73 Å². The summed E-state index contributed by atoms with van der Waals surface area (Å²) in [5.74, 6) is 0.254. The molecule has 0 aliphatic rings. The van der Waals surface area contributed by atoms with Gasteiger partial charge in [-0.05, 0) is 31.3 Å². The number of aromatic nitrogens is 1. The number of nitrogens with two attached hydrogens (primary N) is 1. The number of nitrogen functional groups attached to an aromatic ring is 1. The minimum Gasteiger partial charge on any atom is -0.382 e. The SMILES string of the molecule is CCCN(CC)c1snc(N)c1S(=O)(=O)CCC. The van der Waals surface area contributed by atoms with Gasteiger partial charge in [-0.3, -0.25) is 0 Å². The molecule has 0 atom stereocenters. The molecule has 0 bridgehead atoms. The molecule has 2 N–H and O–H groups in total. The second kappa shape index (κ2) is 6.38. The molecule has 18 heavy (non-hydrogen) atoms. The lowest BCUT2D eigenvalue weighted by molar-refractivity contribution is 0.595. The van der Waals surface area contributed by atoms with Gasteiger partial charge in [0, 0.05) is 13.1 Å². The fourth-order valence-corrected chi connectivity index (χ4v) is 4.67. The van der Waals surface area contributed by atoms with Crippen molar-refractivity contribution >= 4 is 32.2 Å². The molecule has 0 amide bonds. The zero-order valence-electron chi connectivity index (χ0n) is 11.1. The van der Waals surface area contributed by atoms with Gasteiger partial charge in [-0.25, -0.2) is 8.42 Å². The van der Waals surface area contributed by atoms with Crippen molar-refractivity contribution in [2.75, 3.05) is 29.5 Å². The molecule has 0 fully saturated rings. The molecular weight excluding hydrogens is 270 g/mol. The summed E-state index contributed by atoms with van der Waals surface area (Å²) < 4.78 is 28.5. The van der Waals surface area contributed by atoms with Crippen molar-refractivity contribution in [3.63, 3.8) is 0 Å². The summed E-state index contributed by atoms with van der Waals surface area (Å²) in [5.41, 5.74) is 5.74. The highest BCUT2D eigenvalue weighted by Gasteiger charge is 2.27. The Balaban J connectivity index is 3.23. The number of sulfone groups is 1. The molecule has 1 heterocycles. The van der Waals surface area contributed by atoms with Crippen LogP contribution in [0, 0.1) is 0 Å². The van der Waals surface area contributed by atoms with Gasteiger partial charge in [-0.2, -0.15) is 4.37 Å². The highest BCUT2D eigenvalue weighted by atomic mass is 32.2. The van der Waals surface area contributed by atoms with Crippen LogP contribution in [-0.4, -0.2) is 31.6 Å². The monoisotopic (exact) mass is 291 g/mol. The second-order valence-corrected chi connectivity index (χ2v) is 6.90. The summed E-state index contributed by atoms with van der Waals surface area (Å²) in [5, 5.41) is 0.685. The molecule has 0 aromatic carbocycles. The van der Waals surface area contributed by atoms with E-state index in [1.807, 2.05) is 18.7 Å². The molecule has 0 aliphatic carbocycles. The Morgan fingerprint density at radius 3 is 2.44 bits per heavy atom. The first kappa shape index (κ1) is 15.2. The number of anilines is 2. The highest BCUT2D eigenvalue weighted by molar-refractivity contribution is 7.91. The maximum atomic E-state index is 12.2. The quantitative estimate of drug-likeness (QED) is 0.833. The first-order valence-electron chi connectivity index (χ1n) is 6.20. The van der Waals surface area contributed by atoms with E-state index < -0.39 is 9.84 Å². The van der Waals surface area contributed by atoms with Gasteiger partial charge in [0.2, 0.25) is 0 Å². The normalized spacial score (nSPS) is 11.7. The largest absolute Gasteiger partial charge is 0.382 e. The van der Waals surface area contributed by atoms with Crippen molar-refractivity contribution in [1.29, 1.82) is 0 Å². The summed E-state index contributed by atoms with van der Waals surface area (Å²) in [4.78, 5) is 2.25. The standard InChI is InChI=1S/C11H21N3O2S2/c1-4-7-14(6-3)11-9(10(12)13-17-11)18(15,16)8-5-2/h4-8H2,1-3H3,(H2,12,13). The Morgan fingerprint density at radius 2 is 1.94 bits per heavy atom. The van der Waals surface area contributed by atoms with Gasteiger partial charge in [-0.15, -0.1) is 0 Å². The van der Waals surface area contributed by atoms with Crippen LogP contribution < -0.4 is 10.6 Å². The van der Waals surface area contributed by atoms with Gasteiger partial charge in [-0.1, -0.05) is 13.8 Å². The van der Waals surface area contributed by atoms with Gasteiger partial charge in [0.25, 0.3) is 0 Å². The van der Waals surface area contributed by atoms with Crippen LogP contribution in [-0.2, 0) is 9.84 Å². The predicted molar refractivity (Wildman–Crippen MR) is 77.0 cm³/mol. The number of hydrogen-bond donors (Lipinski definition) is 1. The maximum Gasteiger partial charge on any atom is 0.185 e. The Kier molecular flexibility index (Phi) is 5.40. The topological polar surface area (TPSA) is 76.3 Å². The van der Waals surface area contributed by atoms with Crippen LogP contribution in [0.2, 0.25) is 0 Å². The first-order valence-corrected chi connectivity index (χ1v) is 8.63. The van der Waals surface area contributed by atoms with E-state index in [-0.39, 0.29) is 16.5 Å². The van der Waals surface area contributed by atoms with Crippen molar-refractivity contribution < 1.29 is 8.42 Å². The third-order valence-corrected chi connectivity index (χ3v) is 5.63.